The van der Waals surface area contributed by atoms with Gasteiger partial charge in [0.05, 0.1) is 11.7 Å². The number of benzene rings is 2. The number of phenolic OH excluding ortho intramolecular Hbond substituents is 1. The van der Waals surface area contributed by atoms with Crippen LogP contribution < -0.4 is 5.32 Å². The van der Waals surface area contributed by atoms with Gasteiger partial charge in [0.15, 0.2) is 0 Å². The van der Waals surface area contributed by atoms with Gasteiger partial charge in [-0.3, -0.25) is 0 Å². The first-order chi connectivity index (χ1) is 8.99. The second-order valence-corrected chi connectivity index (χ2v) is 5.02. The molecule has 0 saturated heterocycles. The van der Waals surface area contributed by atoms with Crippen LogP contribution in [0.15, 0.2) is 40.9 Å². The summed E-state index contributed by atoms with van der Waals surface area (Å²) in [5, 5.41) is 12.7. The monoisotopic (exact) mass is 327 g/mol. The number of para-hydroxylation sites is 1. The summed E-state index contributed by atoms with van der Waals surface area (Å²) in [5.74, 6) is -1.21. The van der Waals surface area contributed by atoms with Gasteiger partial charge in [0.1, 0.15) is 17.4 Å². The van der Waals surface area contributed by atoms with Crippen molar-refractivity contribution in [3.63, 3.8) is 0 Å². The Bertz CT molecular complexity index is 581. The first-order valence-corrected chi connectivity index (χ1v) is 6.47. The molecule has 1 unspecified atom stereocenters. The molecule has 100 valence electrons. The summed E-state index contributed by atoms with van der Waals surface area (Å²) in [5.41, 5.74) is 0.801. The largest absolute Gasteiger partial charge is 0.508 e. The van der Waals surface area contributed by atoms with Gasteiger partial charge in [-0.1, -0.05) is 18.2 Å². The van der Waals surface area contributed by atoms with Crippen molar-refractivity contribution < 1.29 is 13.9 Å². The maximum Gasteiger partial charge on any atom is 0.150 e. The second kappa shape index (κ2) is 5.57. The molecule has 0 aromatic heterocycles. The average molecular weight is 328 g/mol. The zero-order valence-electron chi connectivity index (χ0n) is 10.1. The van der Waals surface area contributed by atoms with Crippen LogP contribution in [0, 0.1) is 11.6 Å². The molecule has 2 aromatic rings. The minimum atomic E-state index is -0.686. The van der Waals surface area contributed by atoms with Crippen LogP contribution in [-0.2, 0) is 0 Å². The van der Waals surface area contributed by atoms with Crippen LogP contribution in [0.2, 0.25) is 0 Å². The molecule has 5 heteroatoms. The molecule has 0 fully saturated rings. The van der Waals surface area contributed by atoms with E-state index in [0.717, 1.165) is 6.07 Å². The van der Waals surface area contributed by atoms with Gasteiger partial charge in [0, 0.05) is 16.1 Å². The molecule has 0 heterocycles. The number of anilines is 1. The van der Waals surface area contributed by atoms with Gasteiger partial charge in [-0.05, 0) is 35.0 Å². The Labute approximate surface area is 118 Å². The molecule has 0 radical (unpaired) electrons. The van der Waals surface area contributed by atoms with E-state index >= 15 is 0 Å². The molecule has 0 aliphatic carbocycles. The molecular formula is C14H12BrF2NO. The number of aromatic hydroxyl groups is 1. The van der Waals surface area contributed by atoms with E-state index in [1.807, 2.05) is 0 Å². The average Bonchev–Trinajstić information content (AvgIpc) is 2.34. The van der Waals surface area contributed by atoms with E-state index in [-0.39, 0.29) is 17.5 Å². The van der Waals surface area contributed by atoms with Gasteiger partial charge in [0.2, 0.25) is 0 Å². The number of rotatable bonds is 3. The normalized spacial score (nSPS) is 12.2. The third kappa shape index (κ3) is 3.04. The minimum absolute atomic E-state index is 0.126. The standard InChI is InChI=1S/C14H12BrF2NO/c1-8(10-4-2-3-5-13(10)19)18-14-11(15)6-9(16)7-12(14)17/h2-8,18-19H,1H3. The number of nitrogens with one attached hydrogen (secondary N) is 1. The third-order valence-electron chi connectivity index (χ3n) is 2.77. The van der Waals surface area contributed by atoms with Crippen molar-refractivity contribution in [1.29, 1.82) is 0 Å². The molecule has 2 N–H and O–H groups in total. The lowest BCUT2D eigenvalue weighted by atomic mass is 10.1. The van der Waals surface area contributed by atoms with Crippen molar-refractivity contribution in [2.24, 2.45) is 0 Å². The smallest absolute Gasteiger partial charge is 0.150 e. The van der Waals surface area contributed by atoms with Gasteiger partial charge < -0.3 is 10.4 Å². The van der Waals surface area contributed by atoms with Gasteiger partial charge in [-0.2, -0.15) is 0 Å². The van der Waals surface area contributed by atoms with Crippen LogP contribution in [0.1, 0.15) is 18.5 Å². The maximum atomic E-state index is 13.7. The quantitative estimate of drug-likeness (QED) is 0.863. The lowest BCUT2D eigenvalue weighted by molar-refractivity contribution is 0.465. The first-order valence-electron chi connectivity index (χ1n) is 5.68. The van der Waals surface area contributed by atoms with Crippen molar-refractivity contribution in [2.75, 3.05) is 5.32 Å². The predicted molar refractivity (Wildman–Crippen MR) is 74.2 cm³/mol. The van der Waals surface area contributed by atoms with Crippen molar-refractivity contribution in [3.05, 3.63) is 58.1 Å². The zero-order chi connectivity index (χ0) is 14.0. The molecule has 0 spiro atoms. The molecule has 2 nitrogen and oxygen atoms in total. The molecule has 0 aliphatic heterocycles. The van der Waals surface area contributed by atoms with E-state index in [1.54, 1.807) is 31.2 Å². The zero-order valence-corrected chi connectivity index (χ0v) is 11.7. The highest BCUT2D eigenvalue weighted by Crippen LogP contribution is 2.32. The predicted octanol–water partition coefficient (Wildman–Crippen LogP) is 4.61. The van der Waals surface area contributed by atoms with E-state index in [4.69, 9.17) is 0 Å². The molecule has 0 bridgehead atoms. The summed E-state index contributed by atoms with van der Waals surface area (Å²) in [4.78, 5) is 0. The fourth-order valence-corrected chi connectivity index (χ4v) is 2.35. The number of hydrogen-bond acceptors (Lipinski definition) is 2. The molecule has 2 rings (SSSR count). The Morgan fingerprint density at radius 1 is 1.21 bits per heavy atom. The Hall–Kier alpha value is -1.62. The highest BCUT2D eigenvalue weighted by Gasteiger charge is 2.15. The second-order valence-electron chi connectivity index (χ2n) is 4.17. The van der Waals surface area contributed by atoms with Crippen molar-refractivity contribution in [1.82, 2.24) is 0 Å². The number of phenols is 1. The summed E-state index contributed by atoms with van der Waals surface area (Å²) >= 11 is 3.11. The molecule has 1 atom stereocenters. The van der Waals surface area contributed by atoms with E-state index in [0.29, 0.717) is 10.0 Å². The van der Waals surface area contributed by atoms with E-state index in [1.165, 1.54) is 6.07 Å². The summed E-state index contributed by atoms with van der Waals surface area (Å²) in [7, 11) is 0. The minimum Gasteiger partial charge on any atom is -0.508 e. The summed E-state index contributed by atoms with van der Waals surface area (Å²) < 4.78 is 27.0. The highest BCUT2D eigenvalue weighted by atomic mass is 79.9. The number of hydrogen-bond donors (Lipinski definition) is 2. The fourth-order valence-electron chi connectivity index (χ4n) is 1.83. The van der Waals surface area contributed by atoms with E-state index in [2.05, 4.69) is 21.2 Å². The Morgan fingerprint density at radius 3 is 2.53 bits per heavy atom. The Balaban J connectivity index is 2.29. The van der Waals surface area contributed by atoms with Gasteiger partial charge in [-0.15, -0.1) is 0 Å². The fraction of sp³-hybridized carbons (Fsp3) is 0.143. The maximum absolute atomic E-state index is 13.7. The van der Waals surface area contributed by atoms with Gasteiger partial charge in [0.25, 0.3) is 0 Å². The van der Waals surface area contributed by atoms with Crippen LogP contribution in [0.4, 0.5) is 14.5 Å². The summed E-state index contributed by atoms with van der Waals surface area (Å²) in [6, 6.07) is 8.46. The highest BCUT2D eigenvalue weighted by molar-refractivity contribution is 9.10. The van der Waals surface area contributed by atoms with Crippen LogP contribution in [0.25, 0.3) is 0 Å². The third-order valence-corrected chi connectivity index (χ3v) is 3.40. The molecule has 0 aliphatic rings. The van der Waals surface area contributed by atoms with Crippen LogP contribution in [-0.4, -0.2) is 5.11 Å². The molecule has 19 heavy (non-hydrogen) atoms. The Morgan fingerprint density at radius 2 is 1.89 bits per heavy atom. The van der Waals surface area contributed by atoms with Gasteiger partial charge >= 0.3 is 0 Å². The molecule has 0 saturated carbocycles. The lowest BCUT2D eigenvalue weighted by Crippen LogP contribution is -2.09. The number of halogens is 3. The lowest BCUT2D eigenvalue weighted by Gasteiger charge is -2.18. The summed E-state index contributed by atoms with van der Waals surface area (Å²) in [6.07, 6.45) is 0. The SMILES string of the molecule is CC(Nc1c(F)cc(F)cc1Br)c1ccccc1O. The summed E-state index contributed by atoms with van der Waals surface area (Å²) in [6.45, 7) is 1.78. The van der Waals surface area contributed by atoms with Crippen LogP contribution >= 0.6 is 15.9 Å². The van der Waals surface area contributed by atoms with Crippen molar-refractivity contribution in [2.45, 2.75) is 13.0 Å². The Kier molecular flexibility index (Phi) is 4.04. The van der Waals surface area contributed by atoms with Crippen LogP contribution in [0.3, 0.4) is 0 Å². The van der Waals surface area contributed by atoms with Crippen LogP contribution in [0.5, 0.6) is 5.75 Å². The van der Waals surface area contributed by atoms with Crippen molar-refractivity contribution >= 4 is 21.6 Å². The molecular weight excluding hydrogens is 316 g/mol. The van der Waals surface area contributed by atoms with Crippen molar-refractivity contribution in [3.8, 4) is 5.75 Å². The topological polar surface area (TPSA) is 32.3 Å². The van der Waals surface area contributed by atoms with E-state index in [9.17, 15) is 13.9 Å². The van der Waals surface area contributed by atoms with E-state index < -0.39 is 11.6 Å². The first kappa shape index (κ1) is 13.8. The molecule has 2 aromatic carbocycles. The molecule has 0 amide bonds. The van der Waals surface area contributed by atoms with Gasteiger partial charge in [-0.25, -0.2) is 8.78 Å².